The number of methoxy groups -OCH3 is 2. The van der Waals surface area contributed by atoms with Crippen LogP contribution >= 0.6 is 0 Å². The lowest BCUT2D eigenvalue weighted by Crippen LogP contribution is -2.35. The zero-order chi connectivity index (χ0) is 23.3. The molecule has 0 atom stereocenters. The Balaban J connectivity index is 1.71. The van der Waals surface area contributed by atoms with Gasteiger partial charge in [-0.1, -0.05) is 12.1 Å². The predicted molar refractivity (Wildman–Crippen MR) is 114 cm³/mol. The van der Waals surface area contributed by atoms with E-state index in [9.17, 15) is 19.7 Å². The monoisotopic (exact) mass is 441 g/mol. The van der Waals surface area contributed by atoms with E-state index < -0.39 is 23.0 Å². The molecule has 1 N–H and O–H groups in total. The summed E-state index contributed by atoms with van der Waals surface area (Å²) < 4.78 is 11.1. The summed E-state index contributed by atoms with van der Waals surface area (Å²) in [6.45, 7) is 1.03. The van der Waals surface area contributed by atoms with Crippen LogP contribution in [0.2, 0.25) is 0 Å². The third-order valence-corrected chi connectivity index (χ3v) is 4.34. The average Bonchev–Trinajstić information content (AvgIpc) is 2.78. The van der Waals surface area contributed by atoms with E-state index in [1.54, 1.807) is 31.2 Å². The average molecular weight is 441 g/mol. The standard InChI is InChI=1S/C20H19N5O7/c1-12-22-15-7-5-4-6-14(15)20(27)24(12)32-11-19(26)23-21-10-13-8-17(30-2)18(31-3)9-16(13)25(28)29/h4-10H,11H2,1-3H3,(H,23,26). The lowest BCUT2D eigenvalue weighted by Gasteiger charge is -2.11. The number of aryl methyl sites for hydroxylation is 1. The molecule has 0 radical (unpaired) electrons. The second kappa shape index (κ2) is 9.55. The van der Waals surface area contributed by atoms with E-state index in [0.717, 1.165) is 10.9 Å². The van der Waals surface area contributed by atoms with E-state index in [2.05, 4.69) is 15.5 Å². The van der Waals surface area contributed by atoms with Crippen molar-refractivity contribution in [2.24, 2.45) is 5.10 Å². The maximum absolute atomic E-state index is 12.5. The first-order valence-corrected chi connectivity index (χ1v) is 9.19. The van der Waals surface area contributed by atoms with E-state index in [0.29, 0.717) is 10.9 Å². The van der Waals surface area contributed by atoms with Crippen molar-refractivity contribution in [3.05, 3.63) is 68.3 Å². The van der Waals surface area contributed by atoms with Gasteiger partial charge in [-0.15, -0.1) is 4.73 Å². The molecule has 2 aromatic carbocycles. The quantitative estimate of drug-likeness (QED) is 0.312. The van der Waals surface area contributed by atoms with Gasteiger partial charge in [0.2, 0.25) is 0 Å². The van der Waals surface area contributed by atoms with Crippen molar-refractivity contribution in [3.8, 4) is 11.5 Å². The van der Waals surface area contributed by atoms with Crippen LogP contribution in [0.15, 0.2) is 46.3 Å². The SMILES string of the molecule is COc1cc(C=NNC(=O)COn2c(C)nc3ccccc3c2=O)c([N+](=O)[O-])cc1OC. The molecule has 0 spiro atoms. The molecule has 3 rings (SSSR count). The minimum atomic E-state index is -0.691. The Bertz CT molecular complexity index is 1270. The second-order valence-corrected chi connectivity index (χ2v) is 6.37. The number of nitrogens with one attached hydrogen (secondary N) is 1. The zero-order valence-electron chi connectivity index (χ0n) is 17.4. The van der Waals surface area contributed by atoms with Gasteiger partial charge < -0.3 is 14.3 Å². The van der Waals surface area contributed by atoms with Crippen molar-refractivity contribution in [2.75, 3.05) is 20.8 Å². The van der Waals surface area contributed by atoms with Gasteiger partial charge in [-0.25, -0.2) is 10.4 Å². The van der Waals surface area contributed by atoms with Gasteiger partial charge in [-0.3, -0.25) is 19.7 Å². The number of hydrogen-bond acceptors (Lipinski definition) is 9. The van der Waals surface area contributed by atoms with Gasteiger partial charge in [-0.05, 0) is 25.1 Å². The molecule has 0 saturated heterocycles. The molecule has 0 saturated carbocycles. The van der Waals surface area contributed by atoms with Crippen molar-refractivity contribution in [1.29, 1.82) is 0 Å². The fourth-order valence-corrected chi connectivity index (χ4v) is 2.85. The summed E-state index contributed by atoms with van der Waals surface area (Å²) >= 11 is 0. The first-order chi connectivity index (χ1) is 15.3. The van der Waals surface area contributed by atoms with Crippen LogP contribution in [0.25, 0.3) is 10.9 Å². The molecule has 0 aliphatic heterocycles. The predicted octanol–water partition coefficient (Wildman–Crippen LogP) is 1.21. The van der Waals surface area contributed by atoms with Crippen molar-refractivity contribution in [2.45, 2.75) is 6.92 Å². The minimum Gasteiger partial charge on any atom is -0.493 e. The maximum atomic E-state index is 12.5. The Hall–Kier alpha value is -4.48. The minimum absolute atomic E-state index is 0.0830. The van der Waals surface area contributed by atoms with Crippen LogP contribution in [0.1, 0.15) is 11.4 Å². The van der Waals surface area contributed by atoms with Crippen LogP contribution in [-0.2, 0) is 4.79 Å². The summed E-state index contributed by atoms with van der Waals surface area (Å²) in [6, 6.07) is 9.29. The van der Waals surface area contributed by atoms with Gasteiger partial charge in [0, 0.05) is 0 Å². The lowest BCUT2D eigenvalue weighted by molar-refractivity contribution is -0.385. The van der Waals surface area contributed by atoms with Gasteiger partial charge in [0.1, 0.15) is 5.82 Å². The molecule has 0 bridgehead atoms. The Morgan fingerprint density at radius 2 is 1.94 bits per heavy atom. The van der Waals surface area contributed by atoms with Crippen molar-refractivity contribution in [3.63, 3.8) is 0 Å². The molecule has 32 heavy (non-hydrogen) atoms. The van der Waals surface area contributed by atoms with Crippen LogP contribution in [-0.4, -0.2) is 47.6 Å². The molecular weight excluding hydrogens is 422 g/mol. The smallest absolute Gasteiger partial charge is 0.294 e. The van der Waals surface area contributed by atoms with Crippen LogP contribution in [0, 0.1) is 17.0 Å². The number of rotatable bonds is 8. The number of nitrogens with zero attached hydrogens (tertiary/aromatic N) is 4. The van der Waals surface area contributed by atoms with E-state index in [4.69, 9.17) is 14.3 Å². The van der Waals surface area contributed by atoms with Crippen molar-refractivity contribution in [1.82, 2.24) is 15.1 Å². The Morgan fingerprint density at radius 3 is 2.62 bits per heavy atom. The third-order valence-electron chi connectivity index (χ3n) is 4.34. The zero-order valence-corrected chi connectivity index (χ0v) is 17.4. The number of nitro benzene ring substituents is 1. The summed E-state index contributed by atoms with van der Waals surface area (Å²) in [5.74, 6) is 0.0150. The maximum Gasteiger partial charge on any atom is 0.294 e. The van der Waals surface area contributed by atoms with Gasteiger partial charge in [0.15, 0.2) is 18.1 Å². The van der Waals surface area contributed by atoms with Crippen LogP contribution < -0.4 is 25.3 Å². The molecule has 1 amide bonds. The van der Waals surface area contributed by atoms with Crippen LogP contribution in [0.5, 0.6) is 11.5 Å². The van der Waals surface area contributed by atoms with E-state index in [-0.39, 0.29) is 28.6 Å². The fraction of sp³-hybridized carbons (Fsp3) is 0.200. The molecule has 1 heterocycles. The largest absolute Gasteiger partial charge is 0.493 e. The molecule has 0 unspecified atom stereocenters. The summed E-state index contributed by atoms with van der Waals surface area (Å²) in [5.41, 5.74) is 2.04. The molecule has 3 aromatic rings. The third kappa shape index (κ3) is 4.64. The fourth-order valence-electron chi connectivity index (χ4n) is 2.85. The highest BCUT2D eigenvalue weighted by atomic mass is 16.7. The summed E-state index contributed by atoms with van der Waals surface area (Å²) in [4.78, 5) is 44.8. The molecule has 12 nitrogen and oxygen atoms in total. The number of nitro groups is 1. The number of benzene rings is 2. The summed E-state index contributed by atoms with van der Waals surface area (Å²) in [7, 11) is 2.74. The highest BCUT2D eigenvalue weighted by Gasteiger charge is 2.18. The van der Waals surface area contributed by atoms with Crippen molar-refractivity contribution < 1.29 is 24.0 Å². The first kappa shape index (κ1) is 22.2. The molecular formula is C20H19N5O7. The van der Waals surface area contributed by atoms with Crippen LogP contribution in [0.4, 0.5) is 5.69 Å². The molecule has 0 fully saturated rings. The topological polar surface area (TPSA) is 147 Å². The number of carbonyl (C=O) groups is 1. The van der Waals surface area contributed by atoms with Gasteiger partial charge >= 0.3 is 0 Å². The summed E-state index contributed by atoms with van der Waals surface area (Å²) in [6.07, 6.45) is 1.09. The van der Waals surface area contributed by atoms with E-state index >= 15 is 0 Å². The molecule has 1 aromatic heterocycles. The van der Waals surface area contributed by atoms with Gasteiger partial charge in [0.05, 0.1) is 47.9 Å². The first-order valence-electron chi connectivity index (χ1n) is 9.19. The molecule has 0 aliphatic rings. The Labute approximate surface area is 181 Å². The number of amides is 1. The number of ether oxygens (including phenoxy) is 2. The number of hydrogen-bond donors (Lipinski definition) is 1. The second-order valence-electron chi connectivity index (χ2n) is 6.37. The van der Waals surface area contributed by atoms with E-state index in [1.807, 2.05) is 0 Å². The highest BCUT2D eigenvalue weighted by molar-refractivity contribution is 5.88. The van der Waals surface area contributed by atoms with E-state index in [1.165, 1.54) is 26.4 Å². The molecule has 166 valence electrons. The number of fused-ring (bicyclic) bond motifs is 1. The Morgan fingerprint density at radius 1 is 1.25 bits per heavy atom. The van der Waals surface area contributed by atoms with Crippen molar-refractivity contribution >= 4 is 28.7 Å². The molecule has 0 aliphatic carbocycles. The number of hydrazone groups is 1. The number of carbonyl (C=O) groups excluding carboxylic acids is 1. The van der Waals surface area contributed by atoms with Crippen LogP contribution in [0.3, 0.4) is 0 Å². The number of para-hydroxylation sites is 1. The highest BCUT2D eigenvalue weighted by Crippen LogP contribution is 2.33. The normalized spacial score (nSPS) is 10.8. The molecule has 12 heteroatoms. The number of aromatic nitrogens is 2. The summed E-state index contributed by atoms with van der Waals surface area (Å²) in [5, 5.41) is 15.4. The lowest BCUT2D eigenvalue weighted by atomic mass is 10.1. The Kier molecular flexibility index (Phi) is 6.63. The van der Waals surface area contributed by atoms with Gasteiger partial charge in [-0.2, -0.15) is 5.10 Å². The van der Waals surface area contributed by atoms with Gasteiger partial charge in [0.25, 0.3) is 17.2 Å².